The lowest BCUT2D eigenvalue weighted by Crippen LogP contribution is -2.38. The van der Waals surface area contributed by atoms with Crippen molar-refractivity contribution in [2.24, 2.45) is 5.92 Å². The van der Waals surface area contributed by atoms with E-state index < -0.39 is 46.8 Å². The number of aromatic nitrogens is 2. The summed E-state index contributed by atoms with van der Waals surface area (Å²) in [6.07, 6.45) is 2.02. The minimum atomic E-state index is -2.34. The molecule has 6 rings (SSSR count). The van der Waals surface area contributed by atoms with E-state index in [1.54, 1.807) is 36.7 Å². The molecule has 1 aromatic heterocycles. The van der Waals surface area contributed by atoms with Gasteiger partial charge in [-0.3, -0.25) is 4.79 Å². The van der Waals surface area contributed by atoms with Crippen molar-refractivity contribution in [2.45, 2.75) is 43.7 Å². The van der Waals surface area contributed by atoms with Gasteiger partial charge in [0, 0.05) is 36.2 Å². The van der Waals surface area contributed by atoms with Gasteiger partial charge in [0.2, 0.25) is 5.82 Å². The molecule has 50 heavy (non-hydrogen) atoms. The molecule has 2 heterocycles. The maximum Gasteiger partial charge on any atom is 0.257 e. The van der Waals surface area contributed by atoms with E-state index in [2.05, 4.69) is 22.2 Å². The molecule has 0 aliphatic carbocycles. The summed E-state index contributed by atoms with van der Waals surface area (Å²) in [5.74, 6) is -12.1. The van der Waals surface area contributed by atoms with Gasteiger partial charge >= 0.3 is 0 Å². The average Bonchev–Trinajstić information content (AvgIpc) is 3.15. The van der Waals surface area contributed by atoms with Gasteiger partial charge in [-0.1, -0.05) is 79.3 Å². The molecule has 4 atom stereocenters. The monoisotopic (exact) mass is 707 g/mol. The van der Waals surface area contributed by atoms with Crippen LogP contribution in [0.5, 0.6) is 0 Å². The van der Waals surface area contributed by atoms with E-state index in [1.165, 1.54) is 11.8 Å². The number of ether oxygens (including phenoxy) is 2. The normalized spacial score (nSPS) is 18.9. The van der Waals surface area contributed by atoms with Gasteiger partial charge in [0.05, 0.1) is 18.8 Å². The molecule has 1 aliphatic heterocycles. The van der Waals surface area contributed by atoms with E-state index in [0.717, 1.165) is 27.8 Å². The van der Waals surface area contributed by atoms with Gasteiger partial charge in [-0.2, -0.15) is 0 Å². The molecule has 0 spiro atoms. The Morgan fingerprint density at radius 1 is 0.780 bits per heavy atom. The van der Waals surface area contributed by atoms with Crippen molar-refractivity contribution < 1.29 is 41.3 Å². The topological polar surface area (TPSA) is 93.6 Å². The predicted octanol–water partition coefficient (Wildman–Crippen LogP) is 7.85. The van der Waals surface area contributed by atoms with Crippen LogP contribution in [0.3, 0.4) is 0 Å². The highest BCUT2D eigenvalue weighted by Crippen LogP contribution is 2.43. The Hall–Kier alpha value is -4.69. The Labute approximate surface area is 288 Å². The SMILES string of the molecule is C[C@@H]1[C@H](CSc2ncccn2)O[C@H](c2cccc(-c3cccc(CNC(=O)c4c(F)c(F)c(F)c(F)c4F)c3)c2)O[C@@H]1c1ccc(CO)cc1. The Kier molecular flexibility index (Phi) is 10.9. The van der Waals surface area contributed by atoms with Gasteiger partial charge in [-0.25, -0.2) is 31.9 Å². The van der Waals surface area contributed by atoms with Crippen molar-refractivity contribution in [2.75, 3.05) is 5.75 Å². The molecule has 258 valence electrons. The van der Waals surface area contributed by atoms with Gasteiger partial charge in [-0.15, -0.1) is 0 Å². The molecule has 1 aliphatic rings. The second-order valence-electron chi connectivity index (χ2n) is 11.6. The number of rotatable bonds is 10. The smallest absolute Gasteiger partial charge is 0.257 e. The first-order valence-electron chi connectivity index (χ1n) is 15.5. The highest BCUT2D eigenvalue weighted by Gasteiger charge is 2.38. The van der Waals surface area contributed by atoms with E-state index >= 15 is 0 Å². The van der Waals surface area contributed by atoms with Crippen molar-refractivity contribution >= 4 is 17.7 Å². The first kappa shape index (κ1) is 35.1. The molecule has 1 saturated heterocycles. The van der Waals surface area contributed by atoms with E-state index in [0.29, 0.717) is 16.5 Å². The molecule has 0 unspecified atom stereocenters. The first-order chi connectivity index (χ1) is 24.1. The Balaban J connectivity index is 1.22. The minimum Gasteiger partial charge on any atom is -0.392 e. The highest BCUT2D eigenvalue weighted by atomic mass is 32.2. The number of nitrogens with one attached hydrogen (secondary N) is 1. The second-order valence-corrected chi connectivity index (χ2v) is 12.6. The number of amides is 1. The fraction of sp³-hybridized carbons (Fsp3) is 0.216. The van der Waals surface area contributed by atoms with Gasteiger partial charge in [-0.05, 0) is 46.0 Å². The number of nitrogens with zero attached hydrogens (tertiary/aromatic N) is 2. The lowest BCUT2D eigenvalue weighted by molar-refractivity contribution is -0.268. The van der Waals surface area contributed by atoms with Gasteiger partial charge in [0.1, 0.15) is 5.56 Å². The van der Waals surface area contributed by atoms with Crippen LogP contribution < -0.4 is 5.32 Å². The summed E-state index contributed by atoms with van der Waals surface area (Å²) in [5, 5.41) is 12.4. The van der Waals surface area contributed by atoms with Crippen LogP contribution in [0.2, 0.25) is 0 Å². The number of hydrogen-bond donors (Lipinski definition) is 2. The molecular formula is C37H30F5N3O4S. The first-order valence-corrected chi connectivity index (χ1v) is 16.5. The zero-order valence-corrected chi connectivity index (χ0v) is 27.3. The molecule has 5 aromatic rings. The summed E-state index contributed by atoms with van der Waals surface area (Å²) in [6.45, 7) is 1.74. The molecule has 0 radical (unpaired) electrons. The second kappa shape index (κ2) is 15.5. The summed E-state index contributed by atoms with van der Waals surface area (Å²) in [5.41, 5.74) is 2.91. The molecule has 7 nitrogen and oxygen atoms in total. The molecule has 4 aromatic carbocycles. The number of thioether (sulfide) groups is 1. The molecular weight excluding hydrogens is 677 g/mol. The summed E-state index contributed by atoms with van der Waals surface area (Å²) in [4.78, 5) is 21.1. The van der Waals surface area contributed by atoms with Gasteiger partial charge in [0.25, 0.3) is 5.91 Å². The number of carbonyl (C=O) groups excluding carboxylic acids is 1. The molecule has 13 heteroatoms. The largest absolute Gasteiger partial charge is 0.392 e. The highest BCUT2D eigenvalue weighted by molar-refractivity contribution is 7.99. The van der Waals surface area contributed by atoms with Crippen molar-refractivity contribution in [1.82, 2.24) is 15.3 Å². The summed E-state index contributed by atoms with van der Waals surface area (Å²) >= 11 is 1.48. The van der Waals surface area contributed by atoms with Crippen LogP contribution in [0, 0.1) is 35.0 Å². The Bertz CT molecular complexity index is 1960. The fourth-order valence-corrected chi connectivity index (χ4v) is 6.59. The standard InChI is InChI=1S/C37H30F5N3O4S/c1-20-27(19-50-37-43-13-4-14-44-37)48-36(49-34(20)23-11-9-21(18-46)10-12-23)26-8-3-7-25(16-26)24-6-2-5-22(15-24)17-45-35(47)28-29(38)31(40)33(42)32(41)30(28)39/h2-16,20,27,34,36,46H,17-19H2,1H3,(H,45,47)/t20-,27+,34+,36+/m1/s1. The Morgan fingerprint density at radius 3 is 2.10 bits per heavy atom. The van der Waals surface area contributed by atoms with Crippen LogP contribution in [0.1, 0.15) is 51.9 Å². The number of halogens is 5. The molecule has 1 fully saturated rings. The maximum atomic E-state index is 14.2. The van der Waals surface area contributed by atoms with Crippen molar-refractivity contribution in [3.05, 3.63) is 148 Å². The number of aliphatic hydroxyl groups is 1. The van der Waals surface area contributed by atoms with E-state index in [1.807, 2.05) is 54.6 Å². The third kappa shape index (κ3) is 7.55. The number of aliphatic hydroxyl groups excluding tert-OH is 1. The van der Waals surface area contributed by atoms with Gasteiger partial charge < -0.3 is 19.9 Å². The summed E-state index contributed by atoms with van der Waals surface area (Å²) < 4.78 is 82.2. The maximum absolute atomic E-state index is 14.2. The minimum absolute atomic E-state index is 0.0534. The van der Waals surface area contributed by atoms with E-state index in [9.17, 15) is 31.9 Å². The van der Waals surface area contributed by atoms with Crippen LogP contribution >= 0.6 is 11.8 Å². The third-order valence-corrected chi connectivity index (χ3v) is 9.32. The van der Waals surface area contributed by atoms with Crippen LogP contribution in [-0.4, -0.2) is 32.8 Å². The number of benzene rings is 4. The zero-order chi connectivity index (χ0) is 35.4. The third-order valence-electron chi connectivity index (χ3n) is 8.35. The lowest BCUT2D eigenvalue weighted by atomic mass is 9.91. The van der Waals surface area contributed by atoms with Crippen LogP contribution in [0.4, 0.5) is 22.0 Å². The van der Waals surface area contributed by atoms with Crippen LogP contribution in [0.25, 0.3) is 11.1 Å². The number of carbonyl (C=O) groups is 1. The molecule has 2 N–H and O–H groups in total. The van der Waals surface area contributed by atoms with E-state index in [-0.39, 0.29) is 31.3 Å². The molecule has 0 saturated carbocycles. The quantitative estimate of drug-likeness (QED) is 0.0502. The van der Waals surface area contributed by atoms with Crippen molar-refractivity contribution in [3.63, 3.8) is 0 Å². The van der Waals surface area contributed by atoms with Crippen molar-refractivity contribution in [3.8, 4) is 11.1 Å². The van der Waals surface area contributed by atoms with Crippen LogP contribution in [0.15, 0.2) is 96.4 Å². The zero-order valence-electron chi connectivity index (χ0n) is 26.5. The lowest BCUT2D eigenvalue weighted by Gasteiger charge is -2.41. The van der Waals surface area contributed by atoms with Gasteiger partial charge in [0.15, 0.2) is 34.7 Å². The Morgan fingerprint density at radius 2 is 1.42 bits per heavy atom. The van der Waals surface area contributed by atoms with E-state index in [4.69, 9.17) is 9.47 Å². The van der Waals surface area contributed by atoms with Crippen LogP contribution in [-0.2, 0) is 22.6 Å². The number of hydrogen-bond acceptors (Lipinski definition) is 7. The summed E-state index contributed by atoms with van der Waals surface area (Å²) in [6, 6.07) is 23.8. The summed E-state index contributed by atoms with van der Waals surface area (Å²) in [7, 11) is 0. The molecule has 0 bridgehead atoms. The van der Waals surface area contributed by atoms with Crippen molar-refractivity contribution in [1.29, 1.82) is 0 Å². The molecule has 1 amide bonds. The average molecular weight is 708 g/mol. The fourth-order valence-electron chi connectivity index (χ4n) is 5.63. The predicted molar refractivity (Wildman–Crippen MR) is 175 cm³/mol.